The largest absolute Gasteiger partial charge is 0.310 e. The van der Waals surface area contributed by atoms with Crippen LogP contribution in [0.5, 0.6) is 0 Å². The Bertz CT molecular complexity index is 3190. The van der Waals surface area contributed by atoms with Crippen LogP contribution in [0.2, 0.25) is 0 Å². The number of nitrogens with zero attached hydrogens (tertiary/aromatic N) is 1. The van der Waals surface area contributed by atoms with E-state index in [0.29, 0.717) is 0 Å². The summed E-state index contributed by atoms with van der Waals surface area (Å²) in [5.41, 5.74) is 24.4. The number of benzene rings is 9. The lowest BCUT2D eigenvalue weighted by Gasteiger charge is -2.33. The first-order valence-electron chi connectivity index (χ1n) is 21.4. The molecular weight excluding hydrogens is 723 g/mol. The maximum Gasteiger partial charge on any atom is 0.0726 e. The molecular formula is C59H43N. The summed E-state index contributed by atoms with van der Waals surface area (Å²) >= 11 is 0. The molecule has 1 nitrogen and oxygen atoms in total. The summed E-state index contributed by atoms with van der Waals surface area (Å²) in [4.78, 5) is 2.54. The summed E-state index contributed by atoms with van der Waals surface area (Å²) in [5.74, 6) is 0. The van der Waals surface area contributed by atoms with Crippen LogP contribution in [-0.4, -0.2) is 0 Å². The summed E-state index contributed by atoms with van der Waals surface area (Å²) < 4.78 is 0. The van der Waals surface area contributed by atoms with E-state index in [2.05, 4.69) is 221 Å². The van der Waals surface area contributed by atoms with E-state index in [9.17, 15) is 0 Å². The molecule has 0 heterocycles. The summed E-state index contributed by atoms with van der Waals surface area (Å²) in [6.45, 7) is 9.54. The highest BCUT2D eigenvalue weighted by molar-refractivity contribution is 6.07. The van der Waals surface area contributed by atoms with Gasteiger partial charge in [0.25, 0.3) is 0 Å². The number of fused-ring (bicyclic) bond motifs is 18. The number of anilines is 3. The predicted octanol–water partition coefficient (Wildman–Crippen LogP) is 15.3. The van der Waals surface area contributed by atoms with Crippen molar-refractivity contribution in [2.45, 2.75) is 43.9 Å². The third-order valence-electron chi connectivity index (χ3n) is 14.9. The van der Waals surface area contributed by atoms with Crippen molar-refractivity contribution < 1.29 is 0 Å². The third-order valence-corrected chi connectivity index (χ3v) is 14.9. The van der Waals surface area contributed by atoms with Crippen LogP contribution in [0.4, 0.5) is 17.1 Å². The number of hydrogen-bond acceptors (Lipinski definition) is 1. The molecule has 9 aromatic carbocycles. The Morgan fingerprint density at radius 1 is 0.300 bits per heavy atom. The van der Waals surface area contributed by atoms with Gasteiger partial charge in [-0.25, -0.2) is 0 Å². The van der Waals surface area contributed by atoms with E-state index in [0.717, 1.165) is 5.69 Å². The first kappa shape index (κ1) is 34.0. The first-order valence-corrected chi connectivity index (χ1v) is 21.4. The van der Waals surface area contributed by atoms with Gasteiger partial charge in [-0.3, -0.25) is 0 Å². The van der Waals surface area contributed by atoms with Crippen LogP contribution in [-0.2, 0) is 16.2 Å². The average molecular weight is 766 g/mol. The van der Waals surface area contributed by atoms with E-state index in [1.54, 1.807) is 0 Å². The van der Waals surface area contributed by atoms with E-state index >= 15 is 0 Å². The van der Waals surface area contributed by atoms with Crippen LogP contribution in [0.3, 0.4) is 0 Å². The Hall–Kier alpha value is -6.96. The SMILES string of the molecule is CC1(C)c2ccccc2-c2ccc(N(c3ccc4c(c3)C(C)(C)c3ccccc3-4)c3ccc4c(c3)C3(c5ccccc5-c5ccccc53)c3ccc5ccccc5c3-4)cc21. The van der Waals surface area contributed by atoms with Crippen LogP contribution in [0.15, 0.2) is 188 Å². The van der Waals surface area contributed by atoms with Crippen molar-refractivity contribution in [3.63, 3.8) is 0 Å². The smallest absolute Gasteiger partial charge is 0.0726 e. The third kappa shape index (κ3) is 4.12. The van der Waals surface area contributed by atoms with Gasteiger partial charge in [0.2, 0.25) is 0 Å². The zero-order valence-electron chi connectivity index (χ0n) is 34.3. The van der Waals surface area contributed by atoms with Crippen molar-refractivity contribution in [3.8, 4) is 44.5 Å². The molecule has 0 atom stereocenters. The van der Waals surface area contributed by atoms with Gasteiger partial charge >= 0.3 is 0 Å². The molecule has 4 aliphatic carbocycles. The number of hydrogen-bond donors (Lipinski definition) is 0. The minimum absolute atomic E-state index is 0.128. The Balaban J connectivity index is 1.10. The molecule has 0 N–H and O–H groups in total. The van der Waals surface area contributed by atoms with E-state index in [1.165, 1.54) is 111 Å². The molecule has 4 aliphatic rings. The molecule has 0 fully saturated rings. The minimum atomic E-state index is -0.466. The minimum Gasteiger partial charge on any atom is -0.310 e. The predicted molar refractivity (Wildman–Crippen MR) is 250 cm³/mol. The molecule has 0 aliphatic heterocycles. The monoisotopic (exact) mass is 765 g/mol. The number of rotatable bonds is 3. The lowest BCUT2D eigenvalue weighted by molar-refractivity contribution is 0.660. The quantitative estimate of drug-likeness (QED) is 0.173. The molecule has 1 spiro atoms. The Morgan fingerprint density at radius 2 is 0.700 bits per heavy atom. The van der Waals surface area contributed by atoms with Crippen molar-refractivity contribution in [1.82, 2.24) is 0 Å². The second-order valence-electron chi connectivity index (χ2n) is 18.4. The first-order chi connectivity index (χ1) is 29.3. The maximum absolute atomic E-state index is 2.54. The molecule has 0 saturated heterocycles. The van der Waals surface area contributed by atoms with E-state index < -0.39 is 5.41 Å². The van der Waals surface area contributed by atoms with Gasteiger partial charge < -0.3 is 4.90 Å². The fourth-order valence-corrected chi connectivity index (χ4v) is 12.1. The molecule has 13 rings (SSSR count). The van der Waals surface area contributed by atoms with E-state index in [-0.39, 0.29) is 10.8 Å². The topological polar surface area (TPSA) is 3.24 Å². The summed E-state index contributed by atoms with van der Waals surface area (Å²) in [6, 6.07) is 71.7. The van der Waals surface area contributed by atoms with Gasteiger partial charge in [-0.15, -0.1) is 0 Å². The average Bonchev–Trinajstić information content (AvgIpc) is 3.92. The molecule has 284 valence electrons. The van der Waals surface area contributed by atoms with E-state index in [1.807, 2.05) is 0 Å². The second kappa shape index (κ2) is 11.6. The Labute approximate surface area is 352 Å². The van der Waals surface area contributed by atoms with Crippen molar-refractivity contribution in [1.29, 1.82) is 0 Å². The Morgan fingerprint density at radius 3 is 1.23 bits per heavy atom. The zero-order valence-corrected chi connectivity index (χ0v) is 34.3. The van der Waals surface area contributed by atoms with E-state index in [4.69, 9.17) is 0 Å². The summed E-state index contributed by atoms with van der Waals surface area (Å²) in [7, 11) is 0. The van der Waals surface area contributed by atoms with Crippen molar-refractivity contribution >= 4 is 27.8 Å². The second-order valence-corrected chi connectivity index (χ2v) is 18.4. The van der Waals surface area contributed by atoms with Crippen LogP contribution in [0.25, 0.3) is 55.3 Å². The Kier molecular flexibility index (Phi) is 6.57. The molecule has 0 aromatic heterocycles. The summed E-state index contributed by atoms with van der Waals surface area (Å²) in [5, 5.41) is 2.58. The highest BCUT2D eigenvalue weighted by Crippen LogP contribution is 2.64. The van der Waals surface area contributed by atoms with Crippen LogP contribution >= 0.6 is 0 Å². The molecule has 0 saturated carbocycles. The highest BCUT2D eigenvalue weighted by atomic mass is 15.1. The van der Waals surface area contributed by atoms with Crippen LogP contribution < -0.4 is 4.90 Å². The van der Waals surface area contributed by atoms with Crippen molar-refractivity contribution in [3.05, 3.63) is 233 Å². The highest BCUT2D eigenvalue weighted by Gasteiger charge is 2.52. The van der Waals surface area contributed by atoms with Gasteiger partial charge in [0.1, 0.15) is 0 Å². The lowest BCUT2D eigenvalue weighted by Crippen LogP contribution is -2.26. The molecule has 1 heteroatoms. The van der Waals surface area contributed by atoms with Gasteiger partial charge in [-0.05, 0) is 136 Å². The standard InChI is InChI=1S/C59H43N/c1-57(2)48-21-11-7-17-41(48)45-29-26-37(33-53(45)57)60(38-27-30-46-42-18-8-12-22-49(42)58(3,4)54(46)34-38)39-28-31-47-55(35-39)59(52-32-25-36-15-5-6-16-40(36)56(47)52)50-23-13-9-19-43(50)44-20-10-14-24-51(44)59/h5-35H,1-4H3. The van der Waals surface area contributed by atoms with Crippen molar-refractivity contribution in [2.75, 3.05) is 4.90 Å². The van der Waals surface area contributed by atoms with Gasteiger partial charge in [-0.2, -0.15) is 0 Å². The molecule has 60 heavy (non-hydrogen) atoms. The fourth-order valence-electron chi connectivity index (χ4n) is 12.1. The van der Waals surface area contributed by atoms with Crippen LogP contribution in [0, 0.1) is 0 Å². The normalized spacial score (nSPS) is 15.7. The van der Waals surface area contributed by atoms with Gasteiger partial charge in [0.15, 0.2) is 0 Å². The van der Waals surface area contributed by atoms with Gasteiger partial charge in [-0.1, -0.05) is 179 Å². The maximum atomic E-state index is 2.54. The molecule has 0 amide bonds. The lowest BCUT2D eigenvalue weighted by atomic mass is 9.70. The summed E-state index contributed by atoms with van der Waals surface area (Å²) in [6.07, 6.45) is 0. The fraction of sp³-hybridized carbons (Fsp3) is 0.119. The molecule has 0 unspecified atom stereocenters. The molecule has 0 radical (unpaired) electrons. The molecule has 9 aromatic rings. The van der Waals surface area contributed by atoms with Gasteiger partial charge in [0.05, 0.1) is 5.41 Å². The zero-order chi connectivity index (χ0) is 40.1. The van der Waals surface area contributed by atoms with Crippen molar-refractivity contribution in [2.24, 2.45) is 0 Å². The van der Waals surface area contributed by atoms with Crippen LogP contribution in [0.1, 0.15) is 72.2 Å². The van der Waals surface area contributed by atoms with Gasteiger partial charge in [0, 0.05) is 27.9 Å². The molecule has 0 bridgehead atoms.